The first-order valence-electron chi connectivity index (χ1n) is 6.16. The van der Waals surface area contributed by atoms with Gasteiger partial charge >= 0.3 is 0 Å². The lowest BCUT2D eigenvalue weighted by molar-refractivity contribution is 0.0785. The second-order valence-electron chi connectivity index (χ2n) is 4.78. The van der Waals surface area contributed by atoms with Crippen LogP contribution in [0.2, 0.25) is 0 Å². The molecule has 1 aliphatic rings. The van der Waals surface area contributed by atoms with Gasteiger partial charge in [-0.2, -0.15) is 0 Å². The van der Waals surface area contributed by atoms with Crippen LogP contribution in [-0.4, -0.2) is 34.8 Å². The van der Waals surface area contributed by atoms with Gasteiger partial charge in [0.2, 0.25) is 0 Å². The summed E-state index contributed by atoms with van der Waals surface area (Å²) in [6.45, 7) is 3.22. The Morgan fingerprint density at radius 2 is 2.39 bits per heavy atom. The van der Waals surface area contributed by atoms with Crippen LogP contribution in [0.25, 0.3) is 0 Å². The Labute approximate surface area is 111 Å². The lowest BCUT2D eigenvalue weighted by Crippen LogP contribution is -2.32. The number of aromatic nitrogens is 1. The second-order valence-corrected chi connectivity index (χ2v) is 5.16. The maximum absolute atomic E-state index is 12.2. The summed E-state index contributed by atoms with van der Waals surface area (Å²) in [5.41, 5.74) is 0.780. The van der Waals surface area contributed by atoms with Crippen LogP contribution in [0.15, 0.2) is 17.1 Å². The van der Waals surface area contributed by atoms with Crippen LogP contribution in [0.1, 0.15) is 28.9 Å². The quantitative estimate of drug-likeness (QED) is 0.850. The molecule has 2 heterocycles. The zero-order valence-electron chi connectivity index (χ0n) is 10.4. The first-order chi connectivity index (χ1) is 8.61. The number of likely N-dealkylation sites (tertiary alicyclic amines) is 1. The van der Waals surface area contributed by atoms with Crippen molar-refractivity contribution in [2.75, 3.05) is 19.0 Å². The fourth-order valence-electron chi connectivity index (χ4n) is 2.32. The number of nitrogens with one attached hydrogen (secondary N) is 1. The van der Waals surface area contributed by atoms with Crippen molar-refractivity contribution in [3.63, 3.8) is 0 Å². The van der Waals surface area contributed by atoms with Crippen LogP contribution in [-0.2, 0) is 0 Å². The molecule has 0 radical (unpaired) electrons. The minimum Gasteiger partial charge on any atom is -0.364 e. The predicted molar refractivity (Wildman–Crippen MR) is 71.1 cm³/mol. The van der Waals surface area contributed by atoms with Gasteiger partial charge in [-0.3, -0.25) is 9.59 Å². The predicted octanol–water partition coefficient (Wildman–Crippen LogP) is 1.77. The van der Waals surface area contributed by atoms with Gasteiger partial charge in [0.15, 0.2) is 5.43 Å². The molecule has 5 heteroatoms. The number of carbonyl (C=O) groups is 1. The molecule has 1 atom stereocenters. The van der Waals surface area contributed by atoms with Crippen LogP contribution in [0.4, 0.5) is 0 Å². The highest BCUT2D eigenvalue weighted by molar-refractivity contribution is 6.17. The van der Waals surface area contributed by atoms with Crippen molar-refractivity contribution in [2.24, 2.45) is 5.92 Å². The molecule has 1 N–H and O–H groups in total. The molecule has 18 heavy (non-hydrogen) atoms. The van der Waals surface area contributed by atoms with Crippen molar-refractivity contribution in [2.45, 2.75) is 19.8 Å². The number of nitrogens with zero attached hydrogens (tertiary/aromatic N) is 1. The Morgan fingerprint density at radius 1 is 1.61 bits per heavy atom. The summed E-state index contributed by atoms with van der Waals surface area (Å²) < 4.78 is 0. The van der Waals surface area contributed by atoms with Crippen molar-refractivity contribution < 1.29 is 4.79 Å². The lowest BCUT2D eigenvalue weighted by Gasteiger charge is -2.16. The van der Waals surface area contributed by atoms with Crippen LogP contribution >= 0.6 is 11.6 Å². The van der Waals surface area contributed by atoms with E-state index in [1.54, 1.807) is 11.8 Å². The minimum atomic E-state index is -0.211. The summed E-state index contributed by atoms with van der Waals surface area (Å²) in [6, 6.07) is 1.46. The third-order valence-corrected chi connectivity index (χ3v) is 3.60. The molecule has 0 saturated carbocycles. The maximum Gasteiger partial charge on any atom is 0.259 e. The van der Waals surface area contributed by atoms with Gasteiger partial charge in [0.05, 0.1) is 0 Å². The molecule has 1 unspecified atom stereocenters. The number of pyridine rings is 1. The molecule has 0 aromatic carbocycles. The van der Waals surface area contributed by atoms with Gasteiger partial charge in [-0.05, 0) is 25.7 Å². The summed E-state index contributed by atoms with van der Waals surface area (Å²) in [5, 5.41) is 0. The number of alkyl halides is 1. The third-order valence-electron chi connectivity index (χ3n) is 3.38. The minimum absolute atomic E-state index is 0.173. The molecule has 1 amide bonds. The van der Waals surface area contributed by atoms with Gasteiger partial charge in [-0.15, -0.1) is 11.6 Å². The Hall–Kier alpha value is -1.29. The highest BCUT2D eigenvalue weighted by atomic mass is 35.5. The number of aromatic amines is 1. The normalized spacial score (nSPS) is 19.2. The SMILES string of the molecule is Cc1cc(=O)c(C(=O)N2CCC(CCCl)C2)c[nH]1. The number of hydrogen-bond donors (Lipinski definition) is 1. The smallest absolute Gasteiger partial charge is 0.259 e. The largest absolute Gasteiger partial charge is 0.364 e. The van der Waals surface area contributed by atoms with E-state index in [9.17, 15) is 9.59 Å². The molecule has 98 valence electrons. The molecule has 1 saturated heterocycles. The summed E-state index contributed by atoms with van der Waals surface area (Å²) in [7, 11) is 0. The van der Waals surface area contributed by atoms with Crippen molar-refractivity contribution in [1.82, 2.24) is 9.88 Å². The molecule has 0 bridgehead atoms. The van der Waals surface area contributed by atoms with E-state index < -0.39 is 0 Å². The topological polar surface area (TPSA) is 53.2 Å². The lowest BCUT2D eigenvalue weighted by atomic mass is 10.1. The van der Waals surface area contributed by atoms with Crippen molar-refractivity contribution in [1.29, 1.82) is 0 Å². The Kier molecular flexibility index (Phi) is 4.07. The van der Waals surface area contributed by atoms with E-state index in [2.05, 4.69) is 4.98 Å². The van der Waals surface area contributed by atoms with E-state index in [-0.39, 0.29) is 16.9 Å². The van der Waals surface area contributed by atoms with Crippen LogP contribution in [0, 0.1) is 12.8 Å². The third kappa shape index (κ3) is 2.75. The van der Waals surface area contributed by atoms with Gasteiger partial charge < -0.3 is 9.88 Å². The zero-order valence-corrected chi connectivity index (χ0v) is 11.2. The van der Waals surface area contributed by atoms with Gasteiger partial charge in [-0.1, -0.05) is 0 Å². The first kappa shape index (κ1) is 13.1. The number of aryl methyl sites for hydroxylation is 1. The summed E-state index contributed by atoms with van der Waals surface area (Å²) in [6.07, 6.45) is 3.41. The monoisotopic (exact) mass is 268 g/mol. The number of halogens is 1. The van der Waals surface area contributed by atoms with Crippen LogP contribution < -0.4 is 5.43 Å². The summed E-state index contributed by atoms with van der Waals surface area (Å²) >= 11 is 5.71. The number of rotatable bonds is 3. The standard InChI is InChI=1S/C13H17ClN2O2/c1-9-6-12(17)11(7-15-9)13(18)16-5-3-10(8-16)2-4-14/h6-7,10H,2-5,8H2,1H3,(H,15,17). The average molecular weight is 269 g/mol. The highest BCUT2D eigenvalue weighted by Gasteiger charge is 2.27. The molecule has 1 aromatic rings. The van der Waals surface area contributed by atoms with E-state index >= 15 is 0 Å². The van der Waals surface area contributed by atoms with Gasteiger partial charge in [-0.25, -0.2) is 0 Å². The Balaban J connectivity index is 2.10. The average Bonchev–Trinajstić information content (AvgIpc) is 2.77. The summed E-state index contributed by atoms with van der Waals surface area (Å²) in [4.78, 5) is 28.6. The number of H-pyrrole nitrogens is 1. The maximum atomic E-state index is 12.2. The number of hydrogen-bond acceptors (Lipinski definition) is 2. The van der Waals surface area contributed by atoms with E-state index in [4.69, 9.17) is 11.6 Å². The molecule has 0 aliphatic carbocycles. The molecule has 1 aliphatic heterocycles. The van der Waals surface area contributed by atoms with Gasteiger partial charge in [0.1, 0.15) is 5.56 Å². The Morgan fingerprint density at radius 3 is 3.06 bits per heavy atom. The van der Waals surface area contributed by atoms with E-state index in [1.165, 1.54) is 12.3 Å². The van der Waals surface area contributed by atoms with Gasteiger partial charge in [0.25, 0.3) is 5.91 Å². The van der Waals surface area contributed by atoms with Gasteiger partial charge in [0, 0.05) is 36.9 Å². The Bertz CT molecular complexity index is 498. The van der Waals surface area contributed by atoms with Crippen LogP contribution in [0.5, 0.6) is 0 Å². The molecule has 1 fully saturated rings. The second kappa shape index (κ2) is 5.57. The molecule has 4 nitrogen and oxygen atoms in total. The molecule has 1 aromatic heterocycles. The van der Waals surface area contributed by atoms with E-state index in [0.29, 0.717) is 24.9 Å². The van der Waals surface area contributed by atoms with E-state index in [1.807, 2.05) is 0 Å². The number of amides is 1. The molecule has 2 rings (SSSR count). The molecular formula is C13H17ClN2O2. The van der Waals surface area contributed by atoms with Crippen molar-refractivity contribution >= 4 is 17.5 Å². The number of carbonyl (C=O) groups excluding carboxylic acids is 1. The molecule has 0 spiro atoms. The fraction of sp³-hybridized carbons (Fsp3) is 0.538. The van der Waals surface area contributed by atoms with E-state index in [0.717, 1.165) is 18.5 Å². The molecular weight excluding hydrogens is 252 g/mol. The highest BCUT2D eigenvalue weighted by Crippen LogP contribution is 2.21. The van der Waals surface area contributed by atoms with Crippen molar-refractivity contribution in [3.8, 4) is 0 Å². The van der Waals surface area contributed by atoms with Crippen molar-refractivity contribution in [3.05, 3.63) is 33.7 Å². The van der Waals surface area contributed by atoms with Crippen LogP contribution in [0.3, 0.4) is 0 Å². The first-order valence-corrected chi connectivity index (χ1v) is 6.70. The fourth-order valence-corrected chi connectivity index (χ4v) is 2.63. The summed E-state index contributed by atoms with van der Waals surface area (Å²) in [5.74, 6) is 0.918. The zero-order chi connectivity index (χ0) is 13.1.